The van der Waals surface area contributed by atoms with Crippen LogP contribution in [0, 0.1) is 5.92 Å². The third-order valence-electron chi connectivity index (χ3n) is 5.81. The Morgan fingerprint density at radius 2 is 1.76 bits per heavy atom. The Labute approximate surface area is 153 Å². The zero-order valence-corrected chi connectivity index (χ0v) is 15.5. The third kappa shape index (κ3) is 3.57. The van der Waals surface area contributed by atoms with Crippen LogP contribution in [0.25, 0.3) is 0 Å². The van der Waals surface area contributed by atoms with E-state index in [0.717, 1.165) is 50.9 Å². The summed E-state index contributed by atoms with van der Waals surface area (Å²) in [6.07, 6.45) is 5.88. The Morgan fingerprint density at radius 1 is 1.08 bits per heavy atom. The molecule has 5 heteroatoms. The predicted molar refractivity (Wildman–Crippen MR) is 100 cm³/mol. The highest BCUT2D eigenvalue weighted by molar-refractivity contribution is 7.99. The van der Waals surface area contributed by atoms with Crippen LogP contribution in [0.4, 0.5) is 0 Å². The van der Waals surface area contributed by atoms with Gasteiger partial charge in [-0.05, 0) is 49.1 Å². The van der Waals surface area contributed by atoms with Crippen LogP contribution in [0.15, 0.2) is 24.3 Å². The number of fused-ring (bicyclic) bond motifs is 1. The molecule has 0 bridgehead atoms. The first-order valence-corrected chi connectivity index (χ1v) is 10.6. The summed E-state index contributed by atoms with van der Waals surface area (Å²) >= 11 is 1.71. The Morgan fingerprint density at radius 3 is 2.44 bits per heavy atom. The number of hydrogen-bond donors (Lipinski definition) is 0. The van der Waals surface area contributed by atoms with Gasteiger partial charge in [0, 0.05) is 25.3 Å². The van der Waals surface area contributed by atoms with Crippen LogP contribution in [0.2, 0.25) is 0 Å². The van der Waals surface area contributed by atoms with Crippen LogP contribution < -0.4 is 0 Å². The predicted octanol–water partition coefficient (Wildman–Crippen LogP) is 2.71. The molecule has 2 amide bonds. The molecule has 0 N–H and O–H groups in total. The maximum absolute atomic E-state index is 12.7. The quantitative estimate of drug-likeness (QED) is 0.831. The molecule has 0 spiro atoms. The zero-order chi connectivity index (χ0) is 17.2. The lowest BCUT2D eigenvalue weighted by Gasteiger charge is -2.27. The lowest BCUT2D eigenvalue weighted by atomic mass is 9.99. The molecule has 134 valence electrons. The number of benzene rings is 1. The van der Waals surface area contributed by atoms with Crippen LogP contribution in [0.5, 0.6) is 0 Å². The molecular formula is C20H26N2O2S. The number of nitrogens with zero attached hydrogens (tertiary/aromatic N) is 2. The second kappa shape index (κ2) is 7.40. The second-order valence-corrected chi connectivity index (χ2v) is 8.49. The van der Waals surface area contributed by atoms with Crippen molar-refractivity contribution in [3.63, 3.8) is 0 Å². The van der Waals surface area contributed by atoms with Gasteiger partial charge in [-0.1, -0.05) is 24.3 Å². The van der Waals surface area contributed by atoms with Gasteiger partial charge in [-0.2, -0.15) is 0 Å². The summed E-state index contributed by atoms with van der Waals surface area (Å²) in [5.74, 6) is 2.34. The SMILES string of the molecule is O=C([C@@H]1CSCN1C(=O)CCC1Cc2ccccc2C1)N1CCCC1. The molecule has 2 saturated heterocycles. The molecule has 0 aromatic heterocycles. The molecule has 1 aromatic rings. The summed E-state index contributed by atoms with van der Waals surface area (Å²) < 4.78 is 0. The molecule has 2 heterocycles. The molecule has 0 radical (unpaired) electrons. The normalized spacial score (nSPS) is 23.3. The first kappa shape index (κ1) is 17.0. The fourth-order valence-electron chi connectivity index (χ4n) is 4.37. The molecular weight excluding hydrogens is 332 g/mol. The number of carbonyl (C=O) groups is 2. The number of rotatable bonds is 4. The second-order valence-electron chi connectivity index (χ2n) is 7.49. The highest BCUT2D eigenvalue weighted by atomic mass is 32.2. The van der Waals surface area contributed by atoms with Gasteiger partial charge in [-0.3, -0.25) is 9.59 Å². The van der Waals surface area contributed by atoms with Gasteiger partial charge in [0.05, 0.1) is 5.88 Å². The molecule has 4 rings (SSSR count). The van der Waals surface area contributed by atoms with Gasteiger partial charge >= 0.3 is 0 Å². The van der Waals surface area contributed by atoms with E-state index in [0.29, 0.717) is 18.2 Å². The van der Waals surface area contributed by atoms with Gasteiger partial charge in [0.1, 0.15) is 6.04 Å². The molecule has 4 nitrogen and oxygen atoms in total. The summed E-state index contributed by atoms with van der Waals surface area (Å²) in [7, 11) is 0. The Kier molecular flexibility index (Phi) is 5.02. The average Bonchev–Trinajstić information content (AvgIpc) is 3.38. The van der Waals surface area contributed by atoms with Crippen molar-refractivity contribution in [3.8, 4) is 0 Å². The summed E-state index contributed by atoms with van der Waals surface area (Å²) in [6, 6.07) is 8.39. The fraction of sp³-hybridized carbons (Fsp3) is 0.600. The van der Waals surface area contributed by atoms with Crippen molar-refractivity contribution in [2.24, 2.45) is 5.92 Å². The van der Waals surface area contributed by atoms with Gasteiger partial charge < -0.3 is 9.80 Å². The molecule has 2 aliphatic heterocycles. The van der Waals surface area contributed by atoms with E-state index in [1.54, 1.807) is 11.8 Å². The molecule has 0 unspecified atom stereocenters. The van der Waals surface area contributed by atoms with Crippen molar-refractivity contribution in [3.05, 3.63) is 35.4 Å². The molecule has 2 fully saturated rings. The van der Waals surface area contributed by atoms with Crippen LogP contribution in [0.3, 0.4) is 0 Å². The van der Waals surface area contributed by atoms with E-state index in [1.165, 1.54) is 11.1 Å². The van der Waals surface area contributed by atoms with Gasteiger partial charge in [0.2, 0.25) is 11.8 Å². The molecule has 1 aliphatic carbocycles. The van der Waals surface area contributed by atoms with E-state index < -0.39 is 0 Å². The summed E-state index contributed by atoms with van der Waals surface area (Å²) in [5.41, 5.74) is 2.89. The van der Waals surface area contributed by atoms with Gasteiger partial charge in [-0.25, -0.2) is 0 Å². The van der Waals surface area contributed by atoms with Crippen LogP contribution in [0.1, 0.15) is 36.8 Å². The average molecular weight is 359 g/mol. The minimum atomic E-state index is -0.226. The molecule has 3 aliphatic rings. The fourth-order valence-corrected chi connectivity index (χ4v) is 5.54. The number of hydrogen-bond acceptors (Lipinski definition) is 3. The van der Waals surface area contributed by atoms with Crippen molar-refractivity contribution < 1.29 is 9.59 Å². The largest absolute Gasteiger partial charge is 0.341 e. The van der Waals surface area contributed by atoms with Gasteiger partial charge in [-0.15, -0.1) is 11.8 Å². The third-order valence-corrected chi connectivity index (χ3v) is 6.82. The first-order valence-electron chi connectivity index (χ1n) is 9.45. The van der Waals surface area contributed by atoms with E-state index in [2.05, 4.69) is 24.3 Å². The maximum Gasteiger partial charge on any atom is 0.246 e. The van der Waals surface area contributed by atoms with Crippen molar-refractivity contribution >= 4 is 23.6 Å². The monoisotopic (exact) mass is 358 g/mol. The lowest BCUT2D eigenvalue weighted by molar-refractivity contribution is -0.142. The van der Waals surface area contributed by atoms with Crippen molar-refractivity contribution in [2.45, 2.75) is 44.6 Å². The number of thioether (sulfide) groups is 1. The highest BCUT2D eigenvalue weighted by Crippen LogP contribution is 2.31. The van der Waals surface area contributed by atoms with Crippen molar-refractivity contribution in [1.29, 1.82) is 0 Å². The zero-order valence-electron chi connectivity index (χ0n) is 14.7. The van der Waals surface area contributed by atoms with Crippen LogP contribution in [-0.4, -0.2) is 52.4 Å². The van der Waals surface area contributed by atoms with E-state index in [1.807, 2.05) is 9.80 Å². The topological polar surface area (TPSA) is 40.6 Å². The lowest BCUT2D eigenvalue weighted by Crippen LogP contribution is -2.48. The smallest absolute Gasteiger partial charge is 0.246 e. The maximum atomic E-state index is 12.7. The Balaban J connectivity index is 1.31. The number of likely N-dealkylation sites (tertiary alicyclic amines) is 1. The van der Waals surface area contributed by atoms with Crippen molar-refractivity contribution in [2.75, 3.05) is 24.7 Å². The van der Waals surface area contributed by atoms with Gasteiger partial charge in [0.25, 0.3) is 0 Å². The molecule has 1 atom stereocenters. The first-order chi connectivity index (χ1) is 12.2. The summed E-state index contributed by atoms with van der Waals surface area (Å²) in [4.78, 5) is 29.2. The molecule has 1 aromatic carbocycles. The molecule has 0 saturated carbocycles. The Bertz CT molecular complexity index is 632. The van der Waals surface area contributed by atoms with E-state index >= 15 is 0 Å². The minimum absolute atomic E-state index is 0.165. The summed E-state index contributed by atoms with van der Waals surface area (Å²) in [5, 5.41) is 0. The standard InChI is InChI=1S/C20H26N2O2S/c23-19(8-7-15-11-16-5-1-2-6-17(16)12-15)22-14-25-13-18(22)20(24)21-9-3-4-10-21/h1-2,5-6,15,18H,3-4,7-14H2/t18-/m0/s1. The van der Waals surface area contributed by atoms with E-state index in [4.69, 9.17) is 0 Å². The Hall–Kier alpha value is -1.49. The van der Waals surface area contributed by atoms with E-state index in [-0.39, 0.29) is 17.9 Å². The van der Waals surface area contributed by atoms with Crippen molar-refractivity contribution in [1.82, 2.24) is 9.80 Å². The minimum Gasteiger partial charge on any atom is -0.341 e. The van der Waals surface area contributed by atoms with Crippen LogP contribution in [-0.2, 0) is 22.4 Å². The number of carbonyl (C=O) groups excluding carboxylic acids is 2. The van der Waals surface area contributed by atoms with E-state index in [9.17, 15) is 9.59 Å². The number of amides is 2. The van der Waals surface area contributed by atoms with Gasteiger partial charge in [0.15, 0.2) is 0 Å². The highest BCUT2D eigenvalue weighted by Gasteiger charge is 2.37. The summed E-state index contributed by atoms with van der Waals surface area (Å²) in [6.45, 7) is 1.73. The molecule has 25 heavy (non-hydrogen) atoms. The van der Waals surface area contributed by atoms with Crippen LogP contribution >= 0.6 is 11.8 Å².